The Morgan fingerprint density at radius 3 is 2.84 bits per heavy atom. The van der Waals surface area contributed by atoms with Crippen LogP contribution in [-0.2, 0) is 0 Å². The minimum absolute atomic E-state index is 0.175. The Hall–Kier alpha value is -2.54. The van der Waals surface area contributed by atoms with Crippen molar-refractivity contribution in [1.82, 2.24) is 10.2 Å². The zero-order chi connectivity index (χ0) is 18.1. The molecular formula is C18H24FN3O3. The molecule has 0 bridgehead atoms. The van der Waals surface area contributed by atoms with Crippen LogP contribution >= 0.6 is 0 Å². The van der Waals surface area contributed by atoms with Crippen molar-refractivity contribution < 1.29 is 18.7 Å². The van der Waals surface area contributed by atoms with Crippen molar-refractivity contribution in [2.75, 3.05) is 33.3 Å². The molecule has 1 aromatic carbocycles. The van der Waals surface area contributed by atoms with Crippen LogP contribution in [0.25, 0.3) is 0 Å². The normalized spacial score (nSPS) is 12.7. The molecule has 2 rings (SSSR count). The average Bonchev–Trinajstić information content (AvgIpc) is 3.14. The van der Waals surface area contributed by atoms with Crippen molar-refractivity contribution >= 4 is 5.96 Å². The van der Waals surface area contributed by atoms with Gasteiger partial charge in [-0.25, -0.2) is 9.38 Å². The van der Waals surface area contributed by atoms with Crippen LogP contribution in [0.5, 0.6) is 5.75 Å². The number of aliphatic imine (C=N–C) groups is 1. The third-order valence-electron chi connectivity index (χ3n) is 3.50. The fourth-order valence-electron chi connectivity index (χ4n) is 2.17. The Morgan fingerprint density at radius 1 is 1.36 bits per heavy atom. The first-order valence-electron chi connectivity index (χ1n) is 8.20. The zero-order valence-electron chi connectivity index (χ0n) is 14.5. The molecule has 2 aromatic rings. The number of nitrogens with zero attached hydrogens (tertiary/aromatic N) is 2. The van der Waals surface area contributed by atoms with Crippen molar-refractivity contribution in [2.45, 2.75) is 13.0 Å². The molecular weight excluding hydrogens is 325 g/mol. The maximum atomic E-state index is 13.5. The monoisotopic (exact) mass is 349 g/mol. The smallest absolute Gasteiger partial charge is 0.193 e. The number of para-hydroxylation sites is 1. The molecule has 1 aromatic heterocycles. The molecule has 0 fully saturated rings. The lowest BCUT2D eigenvalue weighted by Gasteiger charge is -2.22. The van der Waals surface area contributed by atoms with E-state index < -0.39 is 6.10 Å². The lowest BCUT2D eigenvalue weighted by molar-refractivity contribution is 0.158. The summed E-state index contributed by atoms with van der Waals surface area (Å²) in [6.07, 6.45) is 0.714. The number of furan rings is 1. The quantitative estimate of drug-likeness (QED) is 0.566. The summed E-state index contributed by atoms with van der Waals surface area (Å²) in [5.74, 6) is 0.953. The van der Waals surface area contributed by atoms with Crippen LogP contribution in [0.15, 0.2) is 52.1 Å². The van der Waals surface area contributed by atoms with Crippen molar-refractivity contribution in [3.05, 3.63) is 54.2 Å². The number of ether oxygens (including phenoxy) is 1. The van der Waals surface area contributed by atoms with Gasteiger partial charge < -0.3 is 24.5 Å². The molecule has 0 saturated heterocycles. The van der Waals surface area contributed by atoms with Crippen LogP contribution in [0, 0.1) is 5.82 Å². The first-order chi connectivity index (χ1) is 12.1. The highest BCUT2D eigenvalue weighted by Crippen LogP contribution is 2.15. The van der Waals surface area contributed by atoms with E-state index in [2.05, 4.69) is 10.3 Å². The number of nitrogens with one attached hydrogen (secondary N) is 1. The number of rotatable bonds is 8. The molecule has 1 atom stereocenters. The van der Waals surface area contributed by atoms with Crippen LogP contribution < -0.4 is 10.1 Å². The van der Waals surface area contributed by atoms with Gasteiger partial charge in [-0.1, -0.05) is 12.1 Å². The molecule has 1 unspecified atom stereocenters. The molecule has 0 aliphatic carbocycles. The first-order valence-corrected chi connectivity index (χ1v) is 8.20. The Kier molecular flexibility index (Phi) is 7.28. The number of halogens is 1. The van der Waals surface area contributed by atoms with Gasteiger partial charge in [0.25, 0.3) is 0 Å². The summed E-state index contributed by atoms with van der Waals surface area (Å²) in [4.78, 5) is 6.26. The fourth-order valence-corrected chi connectivity index (χ4v) is 2.17. The Labute approximate surface area is 146 Å². The van der Waals surface area contributed by atoms with E-state index in [-0.39, 0.29) is 18.1 Å². The summed E-state index contributed by atoms with van der Waals surface area (Å²) in [5, 5.41) is 13.2. The Bertz CT molecular complexity index is 661. The van der Waals surface area contributed by atoms with E-state index in [1.807, 2.05) is 18.9 Å². The fraction of sp³-hybridized carbons (Fsp3) is 0.389. The number of hydrogen-bond acceptors (Lipinski definition) is 4. The summed E-state index contributed by atoms with van der Waals surface area (Å²) >= 11 is 0. The van der Waals surface area contributed by atoms with Crippen molar-refractivity contribution in [1.29, 1.82) is 0 Å². The summed E-state index contributed by atoms with van der Waals surface area (Å²) < 4.78 is 24.1. The standard InChI is InChI=1S/C18H24FN3O3/c1-3-20-18(21-13-15(23)17-9-6-11-24-17)22(2)10-12-25-16-8-5-4-7-14(16)19/h4-9,11,15,23H,3,10,12-13H2,1-2H3,(H,20,21). The summed E-state index contributed by atoms with van der Waals surface area (Å²) in [6.45, 7) is 3.64. The molecule has 0 saturated carbocycles. The van der Waals surface area contributed by atoms with Crippen molar-refractivity contribution in [3.63, 3.8) is 0 Å². The number of aliphatic hydroxyl groups excluding tert-OH is 1. The molecule has 136 valence electrons. The van der Waals surface area contributed by atoms with Crippen LogP contribution in [0.3, 0.4) is 0 Å². The maximum Gasteiger partial charge on any atom is 0.193 e. The summed E-state index contributed by atoms with van der Waals surface area (Å²) in [6, 6.07) is 9.73. The van der Waals surface area contributed by atoms with Gasteiger partial charge in [-0.15, -0.1) is 0 Å². The zero-order valence-corrected chi connectivity index (χ0v) is 14.5. The van der Waals surface area contributed by atoms with Gasteiger partial charge in [-0.2, -0.15) is 0 Å². The molecule has 6 nitrogen and oxygen atoms in total. The van der Waals surface area contributed by atoms with E-state index in [4.69, 9.17) is 9.15 Å². The molecule has 25 heavy (non-hydrogen) atoms. The minimum Gasteiger partial charge on any atom is -0.489 e. The highest BCUT2D eigenvalue weighted by Gasteiger charge is 2.12. The number of likely N-dealkylation sites (N-methyl/N-ethyl adjacent to an activating group) is 1. The molecule has 0 amide bonds. The lowest BCUT2D eigenvalue weighted by Crippen LogP contribution is -2.41. The predicted octanol–water partition coefficient (Wildman–Crippen LogP) is 2.43. The van der Waals surface area contributed by atoms with E-state index >= 15 is 0 Å². The highest BCUT2D eigenvalue weighted by atomic mass is 19.1. The second kappa shape index (κ2) is 9.68. The lowest BCUT2D eigenvalue weighted by atomic mass is 10.3. The number of aliphatic hydroxyl groups is 1. The van der Waals surface area contributed by atoms with Gasteiger partial charge in [0, 0.05) is 13.6 Å². The van der Waals surface area contributed by atoms with Crippen LogP contribution in [0.4, 0.5) is 4.39 Å². The first kappa shape index (κ1) is 18.8. The summed E-state index contributed by atoms with van der Waals surface area (Å²) in [5.41, 5.74) is 0. The van der Waals surface area contributed by atoms with Gasteiger partial charge in [0.05, 0.1) is 19.4 Å². The van der Waals surface area contributed by atoms with Gasteiger partial charge in [0.15, 0.2) is 17.5 Å². The van der Waals surface area contributed by atoms with Gasteiger partial charge in [0.1, 0.15) is 18.5 Å². The predicted molar refractivity (Wildman–Crippen MR) is 94.2 cm³/mol. The molecule has 0 spiro atoms. The van der Waals surface area contributed by atoms with Crippen molar-refractivity contribution in [2.24, 2.45) is 4.99 Å². The number of hydrogen-bond donors (Lipinski definition) is 2. The van der Waals surface area contributed by atoms with E-state index in [1.54, 1.807) is 30.3 Å². The Balaban J connectivity index is 1.87. The minimum atomic E-state index is -0.799. The van der Waals surface area contributed by atoms with Crippen LogP contribution in [0.1, 0.15) is 18.8 Å². The van der Waals surface area contributed by atoms with Crippen LogP contribution in [0.2, 0.25) is 0 Å². The second-order valence-corrected chi connectivity index (χ2v) is 5.43. The largest absolute Gasteiger partial charge is 0.489 e. The van der Waals surface area contributed by atoms with Gasteiger partial charge in [-0.3, -0.25) is 0 Å². The van der Waals surface area contributed by atoms with E-state index in [9.17, 15) is 9.50 Å². The average molecular weight is 349 g/mol. The molecule has 0 radical (unpaired) electrons. The second-order valence-electron chi connectivity index (χ2n) is 5.43. The van der Waals surface area contributed by atoms with Gasteiger partial charge in [-0.05, 0) is 31.2 Å². The van der Waals surface area contributed by atoms with Crippen LogP contribution in [-0.4, -0.2) is 49.3 Å². The SMILES string of the molecule is CCNC(=NCC(O)c1ccco1)N(C)CCOc1ccccc1F. The number of benzene rings is 1. The third-order valence-corrected chi connectivity index (χ3v) is 3.50. The molecule has 7 heteroatoms. The van der Waals surface area contributed by atoms with Gasteiger partial charge in [0.2, 0.25) is 0 Å². The number of guanidine groups is 1. The Morgan fingerprint density at radius 2 is 2.16 bits per heavy atom. The molecule has 0 aliphatic rings. The molecule has 1 heterocycles. The maximum absolute atomic E-state index is 13.5. The topological polar surface area (TPSA) is 70.2 Å². The van der Waals surface area contributed by atoms with E-state index in [1.165, 1.54) is 12.3 Å². The molecule has 0 aliphatic heterocycles. The van der Waals surface area contributed by atoms with E-state index in [0.29, 0.717) is 31.4 Å². The highest BCUT2D eigenvalue weighted by molar-refractivity contribution is 5.79. The van der Waals surface area contributed by atoms with Crippen molar-refractivity contribution in [3.8, 4) is 5.75 Å². The summed E-state index contributed by atoms with van der Waals surface area (Å²) in [7, 11) is 1.85. The van der Waals surface area contributed by atoms with E-state index in [0.717, 1.165) is 0 Å². The molecule has 2 N–H and O–H groups in total. The van der Waals surface area contributed by atoms with Gasteiger partial charge >= 0.3 is 0 Å². The third kappa shape index (κ3) is 5.79.